The smallest absolute Gasteiger partial charge is 0.229 e. The summed E-state index contributed by atoms with van der Waals surface area (Å²) in [5.41, 5.74) is 5.58. The Morgan fingerprint density at radius 2 is 2.33 bits per heavy atom. The van der Waals surface area contributed by atoms with Crippen LogP contribution in [0.2, 0.25) is 0 Å². The summed E-state index contributed by atoms with van der Waals surface area (Å²) in [7, 11) is 1.65. The van der Waals surface area contributed by atoms with E-state index < -0.39 is 0 Å². The van der Waals surface area contributed by atoms with E-state index in [1.807, 2.05) is 0 Å². The van der Waals surface area contributed by atoms with E-state index >= 15 is 0 Å². The van der Waals surface area contributed by atoms with Gasteiger partial charge in [-0.25, -0.2) is 0 Å². The zero-order chi connectivity index (χ0) is 13.0. The molecule has 5 heteroatoms. The van der Waals surface area contributed by atoms with Gasteiger partial charge in [0.05, 0.1) is 12.5 Å². The summed E-state index contributed by atoms with van der Waals surface area (Å²) in [6.45, 7) is 2.72. The third-order valence-electron chi connectivity index (χ3n) is 3.97. The summed E-state index contributed by atoms with van der Waals surface area (Å²) in [6.07, 6.45) is 5.48. The van der Waals surface area contributed by atoms with Crippen LogP contribution >= 0.6 is 0 Å². The van der Waals surface area contributed by atoms with Crippen LogP contribution in [0, 0.1) is 5.92 Å². The fraction of sp³-hybridized carbons (Fsp3) is 0.846. The quantitative estimate of drug-likeness (QED) is 0.837. The maximum absolute atomic E-state index is 5.58. The Morgan fingerprint density at radius 1 is 1.50 bits per heavy atom. The monoisotopic (exact) mass is 253 g/mol. The summed E-state index contributed by atoms with van der Waals surface area (Å²) in [6, 6.07) is 0. The number of methoxy groups -OCH3 is 1. The third-order valence-corrected chi connectivity index (χ3v) is 3.97. The van der Waals surface area contributed by atoms with Gasteiger partial charge in [-0.3, -0.25) is 0 Å². The van der Waals surface area contributed by atoms with Gasteiger partial charge in [0.25, 0.3) is 0 Å². The largest absolute Gasteiger partial charge is 0.380 e. The van der Waals surface area contributed by atoms with Gasteiger partial charge >= 0.3 is 0 Å². The first kappa shape index (κ1) is 13.5. The predicted molar refractivity (Wildman–Crippen MR) is 68.2 cm³/mol. The van der Waals surface area contributed by atoms with Gasteiger partial charge in [0.1, 0.15) is 0 Å². The Kier molecular flexibility index (Phi) is 4.72. The number of ether oxygens (including phenoxy) is 1. The van der Waals surface area contributed by atoms with E-state index in [2.05, 4.69) is 17.1 Å². The van der Waals surface area contributed by atoms with Crippen molar-refractivity contribution < 1.29 is 9.26 Å². The molecule has 0 bridgehead atoms. The van der Waals surface area contributed by atoms with E-state index in [9.17, 15) is 0 Å². The zero-order valence-electron chi connectivity index (χ0n) is 11.3. The molecule has 2 N–H and O–H groups in total. The molecule has 102 valence electrons. The Bertz CT molecular complexity index is 363. The van der Waals surface area contributed by atoms with Crippen molar-refractivity contribution >= 4 is 0 Å². The average molecular weight is 253 g/mol. The van der Waals surface area contributed by atoms with Crippen LogP contribution in [0.25, 0.3) is 0 Å². The number of rotatable bonds is 6. The lowest BCUT2D eigenvalue weighted by Crippen LogP contribution is -2.24. The van der Waals surface area contributed by atoms with E-state index in [1.54, 1.807) is 7.11 Å². The molecular formula is C13H23N3O2. The van der Waals surface area contributed by atoms with Gasteiger partial charge in [-0.1, -0.05) is 18.5 Å². The molecule has 0 amide bonds. The summed E-state index contributed by atoms with van der Waals surface area (Å²) >= 11 is 0. The average Bonchev–Trinajstić information content (AvgIpc) is 3.04. The molecular weight excluding hydrogens is 230 g/mol. The number of hydrogen-bond donors (Lipinski definition) is 1. The van der Waals surface area contributed by atoms with Crippen molar-refractivity contribution in [2.45, 2.75) is 51.0 Å². The molecule has 1 aromatic rings. The highest BCUT2D eigenvalue weighted by molar-refractivity contribution is 5.00. The van der Waals surface area contributed by atoms with Gasteiger partial charge in [0.15, 0.2) is 5.82 Å². The van der Waals surface area contributed by atoms with Crippen molar-refractivity contribution in [3.05, 3.63) is 11.7 Å². The standard InChI is InChI=1S/C13H23N3O2/c1-3-9-4-5-10(6-9)13-15-12(18-16-13)7-11(8-14)17-2/h9-11H,3-8,14H2,1-2H3. The summed E-state index contributed by atoms with van der Waals surface area (Å²) < 4.78 is 10.5. The second-order valence-corrected chi connectivity index (χ2v) is 5.13. The molecule has 0 aromatic carbocycles. The SMILES string of the molecule is CCC1CCC(c2noc(CC(CN)OC)n2)C1. The third kappa shape index (κ3) is 3.09. The maximum atomic E-state index is 5.58. The second-order valence-electron chi connectivity index (χ2n) is 5.13. The van der Waals surface area contributed by atoms with Crippen molar-refractivity contribution in [3.8, 4) is 0 Å². The molecule has 1 aliphatic carbocycles. The van der Waals surface area contributed by atoms with Crippen molar-refractivity contribution in [1.82, 2.24) is 10.1 Å². The van der Waals surface area contributed by atoms with Crippen molar-refractivity contribution in [2.75, 3.05) is 13.7 Å². The zero-order valence-corrected chi connectivity index (χ0v) is 11.3. The van der Waals surface area contributed by atoms with Crippen LogP contribution < -0.4 is 5.73 Å². The summed E-state index contributed by atoms with van der Waals surface area (Å²) in [4.78, 5) is 4.48. The highest BCUT2D eigenvalue weighted by atomic mass is 16.5. The van der Waals surface area contributed by atoms with Crippen LogP contribution in [0.5, 0.6) is 0 Å². The van der Waals surface area contributed by atoms with Crippen LogP contribution in [0.1, 0.15) is 50.2 Å². The molecule has 1 fully saturated rings. The van der Waals surface area contributed by atoms with Gasteiger partial charge in [-0.05, 0) is 25.2 Å². The Labute approximate surface area is 108 Å². The first-order valence-corrected chi connectivity index (χ1v) is 6.82. The van der Waals surface area contributed by atoms with Gasteiger partial charge in [0.2, 0.25) is 5.89 Å². The fourth-order valence-corrected chi connectivity index (χ4v) is 2.65. The normalized spacial score (nSPS) is 25.5. The number of nitrogens with two attached hydrogens (primary N) is 1. The second kappa shape index (κ2) is 6.29. The van der Waals surface area contributed by atoms with Crippen LogP contribution in [0.4, 0.5) is 0 Å². The first-order valence-electron chi connectivity index (χ1n) is 6.82. The van der Waals surface area contributed by atoms with Crippen molar-refractivity contribution in [1.29, 1.82) is 0 Å². The Morgan fingerprint density at radius 3 is 2.94 bits per heavy atom. The predicted octanol–water partition coefficient (Wildman–Crippen LogP) is 1.88. The number of hydrogen-bond acceptors (Lipinski definition) is 5. The Balaban J connectivity index is 1.94. The van der Waals surface area contributed by atoms with Crippen LogP contribution in [0.15, 0.2) is 4.52 Å². The minimum Gasteiger partial charge on any atom is -0.380 e. The van der Waals surface area contributed by atoms with Crippen LogP contribution in [-0.2, 0) is 11.2 Å². The van der Waals surface area contributed by atoms with Crippen LogP contribution in [-0.4, -0.2) is 29.9 Å². The lowest BCUT2D eigenvalue weighted by molar-refractivity contribution is 0.102. The molecule has 1 aliphatic rings. The fourth-order valence-electron chi connectivity index (χ4n) is 2.65. The summed E-state index contributed by atoms with van der Waals surface area (Å²) in [5.74, 6) is 2.81. The highest BCUT2D eigenvalue weighted by Gasteiger charge is 2.28. The molecule has 1 saturated carbocycles. The van der Waals surface area contributed by atoms with E-state index in [0.717, 1.165) is 11.7 Å². The molecule has 3 atom stereocenters. The van der Waals surface area contributed by atoms with E-state index in [0.29, 0.717) is 24.8 Å². The molecule has 0 radical (unpaired) electrons. The summed E-state index contributed by atoms with van der Waals surface area (Å²) in [5, 5.41) is 4.11. The van der Waals surface area contributed by atoms with Gasteiger partial charge in [-0.2, -0.15) is 4.98 Å². The van der Waals surface area contributed by atoms with Gasteiger partial charge < -0.3 is 15.0 Å². The topological polar surface area (TPSA) is 74.2 Å². The minimum absolute atomic E-state index is 0.0368. The van der Waals surface area contributed by atoms with Gasteiger partial charge in [0, 0.05) is 19.6 Å². The molecule has 0 aliphatic heterocycles. The first-order chi connectivity index (χ1) is 8.76. The molecule has 2 rings (SSSR count). The molecule has 1 heterocycles. The van der Waals surface area contributed by atoms with E-state index in [-0.39, 0.29) is 6.10 Å². The minimum atomic E-state index is -0.0368. The van der Waals surface area contributed by atoms with E-state index in [1.165, 1.54) is 25.7 Å². The maximum Gasteiger partial charge on any atom is 0.229 e. The number of aromatic nitrogens is 2. The highest BCUT2D eigenvalue weighted by Crippen LogP contribution is 2.38. The molecule has 5 nitrogen and oxygen atoms in total. The Hall–Kier alpha value is -0.940. The molecule has 0 saturated heterocycles. The molecule has 1 aromatic heterocycles. The van der Waals surface area contributed by atoms with Crippen molar-refractivity contribution in [2.24, 2.45) is 11.7 Å². The lowest BCUT2D eigenvalue weighted by Gasteiger charge is -2.08. The molecule has 18 heavy (non-hydrogen) atoms. The molecule has 3 unspecified atom stereocenters. The van der Waals surface area contributed by atoms with Gasteiger partial charge in [-0.15, -0.1) is 0 Å². The lowest BCUT2D eigenvalue weighted by atomic mass is 10.0. The van der Waals surface area contributed by atoms with Crippen molar-refractivity contribution in [3.63, 3.8) is 0 Å². The van der Waals surface area contributed by atoms with Crippen LogP contribution in [0.3, 0.4) is 0 Å². The van der Waals surface area contributed by atoms with E-state index in [4.69, 9.17) is 15.0 Å². The molecule has 0 spiro atoms. The number of nitrogens with zero attached hydrogens (tertiary/aromatic N) is 2.